The maximum atomic E-state index is 11.6. The maximum absolute atomic E-state index is 11.6. The van der Waals surface area contributed by atoms with Gasteiger partial charge in [0, 0.05) is 14.0 Å². The van der Waals surface area contributed by atoms with Crippen molar-refractivity contribution in [2.75, 3.05) is 13.7 Å². The van der Waals surface area contributed by atoms with Crippen molar-refractivity contribution in [3.8, 4) is 0 Å². The number of ether oxygens (including phenoxy) is 5. The Kier molecular flexibility index (Phi) is 4.93. The van der Waals surface area contributed by atoms with Gasteiger partial charge in [0.05, 0.1) is 5.60 Å². The minimum Gasteiger partial charge on any atom is -0.463 e. The highest BCUT2D eigenvalue weighted by atomic mass is 16.7. The first kappa shape index (κ1) is 17.0. The number of methoxy groups -OCH3 is 1. The fourth-order valence-corrected chi connectivity index (χ4v) is 2.56. The number of fused-ring (bicyclic) bond motifs is 1. The molecule has 2 rings (SSSR count). The van der Waals surface area contributed by atoms with Gasteiger partial charge >= 0.3 is 12.1 Å². The molecule has 0 bridgehead atoms. The predicted molar refractivity (Wildman–Crippen MR) is 74.1 cm³/mol. The molecule has 2 heterocycles. The summed E-state index contributed by atoms with van der Waals surface area (Å²) in [7, 11) is 1.49. The van der Waals surface area contributed by atoms with E-state index in [0.29, 0.717) is 0 Å². The van der Waals surface area contributed by atoms with Crippen LogP contribution in [0.4, 0.5) is 4.79 Å². The SMILES string of the molecule is CO[C@H]1[C@@H]2OC(=O)N[C@@H]2[C@@H](OC(C)(C)C)O[C@@H]1COC(C)=O. The summed E-state index contributed by atoms with van der Waals surface area (Å²) in [6, 6.07) is -0.481. The van der Waals surface area contributed by atoms with Crippen LogP contribution in [0.5, 0.6) is 0 Å². The Hall–Kier alpha value is -1.38. The Morgan fingerprint density at radius 3 is 2.59 bits per heavy atom. The summed E-state index contributed by atoms with van der Waals surface area (Å²) >= 11 is 0. The monoisotopic (exact) mass is 317 g/mol. The molecule has 0 unspecified atom stereocenters. The second-order valence-electron chi connectivity index (χ2n) is 6.32. The first-order valence-corrected chi connectivity index (χ1v) is 7.18. The second-order valence-corrected chi connectivity index (χ2v) is 6.32. The Balaban J connectivity index is 2.17. The minimum atomic E-state index is -0.719. The lowest BCUT2D eigenvalue weighted by Crippen LogP contribution is -2.62. The Morgan fingerprint density at radius 1 is 1.36 bits per heavy atom. The molecule has 0 radical (unpaired) electrons. The number of hydrogen-bond donors (Lipinski definition) is 1. The Bertz CT molecular complexity index is 433. The molecule has 1 N–H and O–H groups in total. The van der Waals surface area contributed by atoms with Crippen LogP contribution in [0.25, 0.3) is 0 Å². The highest BCUT2D eigenvalue weighted by molar-refractivity contribution is 5.70. The van der Waals surface area contributed by atoms with E-state index in [1.807, 2.05) is 20.8 Å². The average Bonchev–Trinajstić information content (AvgIpc) is 2.76. The van der Waals surface area contributed by atoms with Crippen LogP contribution < -0.4 is 5.32 Å². The van der Waals surface area contributed by atoms with Gasteiger partial charge in [0.15, 0.2) is 12.4 Å². The zero-order chi connectivity index (χ0) is 16.5. The fourth-order valence-electron chi connectivity index (χ4n) is 2.56. The third-order valence-electron chi connectivity index (χ3n) is 3.37. The molecule has 2 aliphatic heterocycles. The number of nitrogens with one attached hydrogen (secondary N) is 1. The van der Waals surface area contributed by atoms with Crippen molar-refractivity contribution in [1.29, 1.82) is 0 Å². The molecule has 126 valence electrons. The minimum absolute atomic E-state index is 0.00138. The lowest BCUT2D eigenvalue weighted by Gasteiger charge is -2.42. The molecule has 8 heteroatoms. The van der Waals surface area contributed by atoms with Crippen LogP contribution in [-0.4, -0.2) is 62.0 Å². The zero-order valence-corrected chi connectivity index (χ0v) is 13.5. The smallest absolute Gasteiger partial charge is 0.408 e. The van der Waals surface area contributed by atoms with E-state index in [9.17, 15) is 9.59 Å². The number of alkyl carbamates (subject to hydrolysis) is 1. The lowest BCUT2D eigenvalue weighted by atomic mass is 9.97. The number of rotatable bonds is 4. The topological polar surface area (TPSA) is 92.3 Å². The molecule has 0 aliphatic carbocycles. The molecule has 1 amide bonds. The molecule has 0 aromatic carbocycles. The lowest BCUT2D eigenvalue weighted by molar-refractivity contribution is -0.287. The van der Waals surface area contributed by atoms with Crippen LogP contribution in [0.2, 0.25) is 0 Å². The van der Waals surface area contributed by atoms with Gasteiger partial charge in [-0.2, -0.15) is 0 Å². The number of hydrogen-bond acceptors (Lipinski definition) is 7. The molecule has 0 aromatic rings. The van der Waals surface area contributed by atoms with E-state index in [0.717, 1.165) is 0 Å². The zero-order valence-electron chi connectivity index (χ0n) is 13.5. The van der Waals surface area contributed by atoms with Crippen molar-refractivity contribution in [2.24, 2.45) is 0 Å². The van der Waals surface area contributed by atoms with E-state index in [1.165, 1.54) is 14.0 Å². The summed E-state index contributed by atoms with van der Waals surface area (Å²) in [5.74, 6) is -0.421. The van der Waals surface area contributed by atoms with Crippen LogP contribution in [0, 0.1) is 0 Å². The summed E-state index contributed by atoms with van der Waals surface area (Å²) in [5.41, 5.74) is -0.478. The van der Waals surface area contributed by atoms with Crippen molar-refractivity contribution in [3.05, 3.63) is 0 Å². The van der Waals surface area contributed by atoms with Crippen molar-refractivity contribution >= 4 is 12.1 Å². The van der Waals surface area contributed by atoms with Gasteiger partial charge in [0.25, 0.3) is 0 Å². The van der Waals surface area contributed by atoms with E-state index in [2.05, 4.69) is 5.32 Å². The van der Waals surface area contributed by atoms with E-state index in [-0.39, 0.29) is 6.61 Å². The molecule has 0 saturated carbocycles. The molecule has 2 saturated heterocycles. The standard InChI is InChI=1S/C14H23NO7/c1-7(16)19-6-8-10(18-5)11-9(15-13(17)21-11)12(20-8)22-14(2,3)4/h8-12H,6H2,1-5H3,(H,15,17)/t8-,9+,10-,11-,12-/m1/s1. The van der Waals surface area contributed by atoms with Gasteiger partial charge in [-0.3, -0.25) is 4.79 Å². The highest BCUT2D eigenvalue weighted by Crippen LogP contribution is 2.31. The maximum Gasteiger partial charge on any atom is 0.408 e. The van der Waals surface area contributed by atoms with Crippen LogP contribution in [0.3, 0.4) is 0 Å². The number of esters is 1. The normalized spacial score (nSPS) is 34.6. The van der Waals surface area contributed by atoms with Crippen LogP contribution in [0.1, 0.15) is 27.7 Å². The molecular formula is C14H23NO7. The van der Waals surface area contributed by atoms with Crippen LogP contribution in [0.15, 0.2) is 0 Å². The Labute approximate surface area is 129 Å². The molecular weight excluding hydrogens is 294 g/mol. The summed E-state index contributed by atoms with van der Waals surface area (Å²) in [4.78, 5) is 22.6. The van der Waals surface area contributed by atoms with Gasteiger partial charge in [0.2, 0.25) is 0 Å². The quantitative estimate of drug-likeness (QED) is 0.758. The molecule has 2 fully saturated rings. The van der Waals surface area contributed by atoms with E-state index in [1.54, 1.807) is 0 Å². The number of amides is 1. The van der Waals surface area contributed by atoms with Crippen molar-refractivity contribution in [3.63, 3.8) is 0 Å². The number of carbonyl (C=O) groups excluding carboxylic acids is 2. The number of carbonyl (C=O) groups is 2. The largest absolute Gasteiger partial charge is 0.463 e. The van der Waals surface area contributed by atoms with Crippen molar-refractivity contribution in [1.82, 2.24) is 5.32 Å². The fraction of sp³-hybridized carbons (Fsp3) is 0.857. The van der Waals surface area contributed by atoms with Crippen LogP contribution >= 0.6 is 0 Å². The van der Waals surface area contributed by atoms with Gasteiger partial charge in [0.1, 0.15) is 24.9 Å². The first-order valence-electron chi connectivity index (χ1n) is 7.18. The summed E-state index contributed by atoms with van der Waals surface area (Å²) in [6.07, 6.45) is -2.97. The third kappa shape index (κ3) is 3.88. The summed E-state index contributed by atoms with van der Waals surface area (Å²) in [6.45, 7) is 6.96. The third-order valence-corrected chi connectivity index (χ3v) is 3.37. The molecule has 2 aliphatic rings. The van der Waals surface area contributed by atoms with Crippen LogP contribution in [-0.2, 0) is 28.5 Å². The van der Waals surface area contributed by atoms with Crippen molar-refractivity contribution < 1.29 is 33.3 Å². The molecule has 5 atom stereocenters. The molecule has 8 nitrogen and oxygen atoms in total. The molecule has 22 heavy (non-hydrogen) atoms. The average molecular weight is 317 g/mol. The molecule has 0 spiro atoms. The first-order chi connectivity index (χ1) is 10.2. The summed E-state index contributed by atoms with van der Waals surface area (Å²) < 4.78 is 27.4. The summed E-state index contributed by atoms with van der Waals surface area (Å²) in [5, 5.41) is 2.68. The molecule has 0 aromatic heterocycles. The van der Waals surface area contributed by atoms with Gasteiger partial charge in [-0.15, -0.1) is 0 Å². The van der Waals surface area contributed by atoms with Gasteiger partial charge < -0.3 is 29.0 Å². The van der Waals surface area contributed by atoms with Gasteiger partial charge in [-0.05, 0) is 20.8 Å². The predicted octanol–water partition coefficient (Wildman–Crippen LogP) is 0.581. The van der Waals surface area contributed by atoms with E-state index < -0.39 is 48.3 Å². The Morgan fingerprint density at radius 2 is 2.05 bits per heavy atom. The van der Waals surface area contributed by atoms with Gasteiger partial charge in [-0.25, -0.2) is 4.79 Å². The van der Waals surface area contributed by atoms with Crippen molar-refractivity contribution in [2.45, 2.75) is 63.9 Å². The van der Waals surface area contributed by atoms with E-state index >= 15 is 0 Å². The highest BCUT2D eigenvalue weighted by Gasteiger charge is 2.54. The van der Waals surface area contributed by atoms with Gasteiger partial charge in [-0.1, -0.05) is 0 Å². The second kappa shape index (κ2) is 6.39. The van der Waals surface area contributed by atoms with E-state index in [4.69, 9.17) is 23.7 Å².